The van der Waals surface area contributed by atoms with E-state index in [9.17, 15) is 23.8 Å². The van der Waals surface area contributed by atoms with Crippen LogP contribution in [0.5, 0.6) is 0 Å². The molecule has 1 aliphatic heterocycles. The monoisotopic (exact) mass is 364 g/mol. The number of fused-ring (bicyclic) bond motifs is 1. The Bertz CT molecular complexity index is 942. The predicted octanol–water partition coefficient (Wildman–Crippen LogP) is 1.97. The average molecular weight is 364 g/mol. The van der Waals surface area contributed by atoms with Gasteiger partial charge in [0.25, 0.3) is 15.7 Å². The summed E-state index contributed by atoms with van der Waals surface area (Å²) in [6, 6.07) is 6.66. The molecule has 10 heteroatoms. The summed E-state index contributed by atoms with van der Waals surface area (Å²) in [5.41, 5.74) is 1.04. The van der Waals surface area contributed by atoms with Gasteiger partial charge in [0.1, 0.15) is 11.1 Å². The van der Waals surface area contributed by atoms with E-state index in [-0.39, 0.29) is 15.6 Å². The number of nitrogens with one attached hydrogen (secondary N) is 2. The third-order valence-electron chi connectivity index (χ3n) is 3.62. The Hall–Kier alpha value is -2.48. The van der Waals surface area contributed by atoms with Gasteiger partial charge in [0.15, 0.2) is 0 Å². The highest BCUT2D eigenvalue weighted by Crippen LogP contribution is 2.36. The molecule has 124 valence electrons. The molecule has 1 aliphatic rings. The molecule has 0 aliphatic carbocycles. The van der Waals surface area contributed by atoms with Crippen LogP contribution in [0.25, 0.3) is 0 Å². The van der Waals surface area contributed by atoms with Crippen LogP contribution in [0.1, 0.15) is 16.0 Å². The lowest BCUT2D eigenvalue weighted by Crippen LogP contribution is -2.22. The number of nitro groups is 1. The molecule has 2 aromatic rings. The number of nitrogens with zero attached hydrogens (tertiary/aromatic N) is 2. The van der Waals surface area contributed by atoms with Gasteiger partial charge in [-0.15, -0.1) is 11.3 Å². The summed E-state index contributed by atoms with van der Waals surface area (Å²) >= 11 is 1.23. The minimum atomic E-state index is -3.92. The van der Waals surface area contributed by atoms with Crippen molar-refractivity contribution in [2.75, 3.05) is 11.3 Å². The Kier molecular flexibility index (Phi) is 4.23. The van der Waals surface area contributed by atoms with E-state index in [1.165, 1.54) is 23.5 Å². The average Bonchev–Trinajstić information content (AvgIpc) is 2.91. The van der Waals surface area contributed by atoms with Crippen LogP contribution >= 0.6 is 11.3 Å². The van der Waals surface area contributed by atoms with Crippen LogP contribution in [0.4, 0.5) is 10.7 Å². The molecule has 0 amide bonds. The third kappa shape index (κ3) is 2.96. The van der Waals surface area contributed by atoms with Crippen molar-refractivity contribution in [2.24, 2.45) is 0 Å². The Morgan fingerprint density at radius 3 is 2.67 bits per heavy atom. The molecule has 0 saturated heterocycles. The molecule has 2 heterocycles. The number of benzene rings is 1. The second-order valence-corrected chi connectivity index (χ2v) is 7.89. The molecular weight excluding hydrogens is 352 g/mol. The van der Waals surface area contributed by atoms with Crippen molar-refractivity contribution in [1.82, 2.24) is 5.32 Å². The first kappa shape index (κ1) is 16.4. The van der Waals surface area contributed by atoms with Crippen molar-refractivity contribution in [3.63, 3.8) is 0 Å². The highest BCUT2D eigenvalue weighted by Gasteiger charge is 2.24. The fraction of sp³-hybridized carbons (Fsp3) is 0.214. The highest BCUT2D eigenvalue weighted by molar-refractivity contribution is 7.93. The van der Waals surface area contributed by atoms with Gasteiger partial charge in [0.2, 0.25) is 0 Å². The number of non-ortho nitro benzene ring substituents is 1. The van der Waals surface area contributed by atoms with E-state index in [1.54, 1.807) is 0 Å². The summed E-state index contributed by atoms with van der Waals surface area (Å²) in [7, 11) is -3.92. The first-order valence-electron chi connectivity index (χ1n) is 6.95. The van der Waals surface area contributed by atoms with Gasteiger partial charge < -0.3 is 5.32 Å². The number of hydrogen-bond donors (Lipinski definition) is 2. The van der Waals surface area contributed by atoms with Crippen LogP contribution in [0, 0.1) is 21.4 Å². The molecule has 0 spiro atoms. The molecule has 3 rings (SSSR count). The van der Waals surface area contributed by atoms with Crippen molar-refractivity contribution in [3.05, 3.63) is 50.4 Å². The number of thiophene rings is 1. The number of anilines is 1. The van der Waals surface area contributed by atoms with E-state index >= 15 is 0 Å². The normalized spacial score (nSPS) is 13.8. The Morgan fingerprint density at radius 2 is 2.04 bits per heavy atom. The molecule has 0 unspecified atom stereocenters. The maximum atomic E-state index is 12.5. The van der Waals surface area contributed by atoms with Crippen LogP contribution < -0.4 is 10.0 Å². The topological polar surface area (TPSA) is 125 Å². The fourth-order valence-corrected chi connectivity index (χ4v) is 4.93. The van der Waals surface area contributed by atoms with Crippen molar-refractivity contribution in [2.45, 2.75) is 17.9 Å². The quantitative estimate of drug-likeness (QED) is 0.631. The largest absolute Gasteiger partial charge is 0.312 e. The van der Waals surface area contributed by atoms with E-state index in [0.717, 1.165) is 29.1 Å². The summed E-state index contributed by atoms with van der Waals surface area (Å²) in [6.45, 7) is 1.35. The smallest absolute Gasteiger partial charge is 0.269 e. The molecule has 8 nitrogen and oxygen atoms in total. The van der Waals surface area contributed by atoms with Gasteiger partial charge in [-0.2, -0.15) is 5.26 Å². The fourth-order valence-electron chi connectivity index (χ4n) is 2.45. The van der Waals surface area contributed by atoms with E-state index in [1.807, 2.05) is 0 Å². The number of hydrogen-bond acceptors (Lipinski definition) is 7. The molecule has 0 bridgehead atoms. The standard InChI is InChI=1S/C14H12N4O4S2/c15-7-12-11-5-6-16-8-13(11)23-14(12)17-24(21,22)10-3-1-9(2-4-10)18(19)20/h1-4,16-17H,5-6,8H2. The first-order valence-corrected chi connectivity index (χ1v) is 9.25. The van der Waals surface area contributed by atoms with Gasteiger partial charge in [-0.1, -0.05) is 0 Å². The van der Waals surface area contributed by atoms with E-state index < -0.39 is 14.9 Å². The van der Waals surface area contributed by atoms with Gasteiger partial charge in [0.05, 0.1) is 15.4 Å². The zero-order valence-corrected chi connectivity index (χ0v) is 13.9. The van der Waals surface area contributed by atoms with Gasteiger partial charge in [-0.05, 0) is 30.7 Å². The van der Waals surface area contributed by atoms with Crippen molar-refractivity contribution in [1.29, 1.82) is 5.26 Å². The second kappa shape index (κ2) is 6.20. The summed E-state index contributed by atoms with van der Waals surface area (Å²) in [5, 5.41) is 23.5. The number of nitro benzene ring substituents is 1. The molecule has 1 aromatic heterocycles. The second-order valence-electron chi connectivity index (χ2n) is 5.10. The molecule has 1 aromatic carbocycles. The number of rotatable bonds is 4. The third-order valence-corrected chi connectivity index (χ3v) is 6.27. The van der Waals surface area contributed by atoms with Crippen LogP contribution in [-0.2, 0) is 23.0 Å². The van der Waals surface area contributed by atoms with Crippen LogP contribution in [0.3, 0.4) is 0 Å². The van der Waals surface area contributed by atoms with Gasteiger partial charge in [-0.25, -0.2) is 8.42 Å². The Morgan fingerprint density at radius 1 is 1.33 bits per heavy atom. The van der Waals surface area contributed by atoms with Gasteiger partial charge >= 0.3 is 0 Å². The van der Waals surface area contributed by atoms with Crippen LogP contribution in [0.2, 0.25) is 0 Å². The minimum absolute atomic E-state index is 0.0958. The number of sulfonamides is 1. The predicted molar refractivity (Wildman–Crippen MR) is 88.3 cm³/mol. The maximum absolute atomic E-state index is 12.5. The molecule has 0 saturated carbocycles. The molecule has 0 fully saturated rings. The van der Waals surface area contributed by atoms with Crippen molar-refractivity contribution < 1.29 is 13.3 Å². The van der Waals surface area contributed by atoms with E-state index in [4.69, 9.17) is 0 Å². The maximum Gasteiger partial charge on any atom is 0.269 e. The van der Waals surface area contributed by atoms with Crippen molar-refractivity contribution in [3.8, 4) is 6.07 Å². The summed E-state index contributed by atoms with van der Waals surface area (Å²) in [6.07, 6.45) is 0.675. The van der Waals surface area contributed by atoms with E-state index in [2.05, 4.69) is 16.1 Å². The lowest BCUT2D eigenvalue weighted by atomic mass is 10.1. The number of nitriles is 1. The van der Waals surface area contributed by atoms with Crippen LogP contribution in [0.15, 0.2) is 29.2 Å². The van der Waals surface area contributed by atoms with Crippen LogP contribution in [-0.4, -0.2) is 19.9 Å². The zero-order valence-electron chi connectivity index (χ0n) is 12.3. The van der Waals surface area contributed by atoms with Gasteiger partial charge in [0, 0.05) is 23.6 Å². The highest BCUT2D eigenvalue weighted by atomic mass is 32.2. The lowest BCUT2D eigenvalue weighted by molar-refractivity contribution is -0.384. The molecular formula is C14H12N4O4S2. The Balaban J connectivity index is 1.94. The lowest BCUT2D eigenvalue weighted by Gasteiger charge is -2.11. The summed E-state index contributed by atoms with van der Waals surface area (Å²) < 4.78 is 27.4. The summed E-state index contributed by atoms with van der Waals surface area (Å²) in [5.74, 6) is 0. The molecule has 2 N–H and O–H groups in total. The zero-order chi connectivity index (χ0) is 17.3. The minimum Gasteiger partial charge on any atom is -0.312 e. The summed E-state index contributed by atoms with van der Waals surface area (Å²) in [4.78, 5) is 10.9. The van der Waals surface area contributed by atoms with Crippen molar-refractivity contribution >= 4 is 32.0 Å². The first-order chi connectivity index (χ1) is 11.4. The SMILES string of the molecule is N#Cc1c(NS(=O)(=O)c2ccc([N+](=O)[O-])cc2)sc2c1CCNC2. The molecule has 0 atom stereocenters. The van der Waals surface area contributed by atoms with E-state index in [0.29, 0.717) is 18.5 Å². The van der Waals surface area contributed by atoms with Gasteiger partial charge in [-0.3, -0.25) is 14.8 Å². The molecule has 0 radical (unpaired) electrons. The molecule has 24 heavy (non-hydrogen) atoms. The Labute approximate surface area is 141 Å².